The van der Waals surface area contributed by atoms with E-state index >= 15 is 0 Å². The molecule has 0 aliphatic heterocycles. The number of benzene rings is 1. The fourth-order valence-corrected chi connectivity index (χ4v) is 2.53. The van der Waals surface area contributed by atoms with Crippen molar-refractivity contribution < 1.29 is 17.9 Å². The first kappa shape index (κ1) is 20.6. The highest BCUT2D eigenvalue weighted by Crippen LogP contribution is 2.15. The van der Waals surface area contributed by atoms with Gasteiger partial charge in [-0.3, -0.25) is 4.99 Å². The molecule has 24 heavy (non-hydrogen) atoms. The van der Waals surface area contributed by atoms with Gasteiger partial charge in [-0.05, 0) is 25.5 Å². The van der Waals surface area contributed by atoms with Gasteiger partial charge in [0.15, 0.2) is 5.96 Å². The lowest BCUT2D eigenvalue weighted by molar-refractivity contribution is -0.173. The first-order valence-corrected chi connectivity index (χ1v) is 8.84. The molecular weight excluding hydrogens is 339 g/mol. The molecule has 0 unspecified atom stereocenters. The number of thioether (sulfide) groups is 1. The highest BCUT2D eigenvalue weighted by Gasteiger charge is 2.27. The maximum Gasteiger partial charge on any atom is 0.411 e. The third kappa shape index (κ3) is 11.2. The van der Waals surface area contributed by atoms with Gasteiger partial charge in [-0.25, -0.2) is 0 Å². The fourth-order valence-electron chi connectivity index (χ4n) is 1.74. The summed E-state index contributed by atoms with van der Waals surface area (Å²) in [5.74, 6) is 1.56. The van der Waals surface area contributed by atoms with Crippen molar-refractivity contribution in [3.8, 4) is 0 Å². The maximum atomic E-state index is 11.9. The van der Waals surface area contributed by atoms with Gasteiger partial charge in [0, 0.05) is 36.9 Å². The molecule has 0 amide bonds. The van der Waals surface area contributed by atoms with Crippen LogP contribution in [-0.4, -0.2) is 50.7 Å². The molecule has 1 rings (SSSR count). The van der Waals surface area contributed by atoms with E-state index in [1.807, 2.05) is 25.1 Å². The van der Waals surface area contributed by atoms with Crippen molar-refractivity contribution in [1.29, 1.82) is 0 Å². The zero-order valence-corrected chi connectivity index (χ0v) is 14.6. The lowest BCUT2D eigenvalue weighted by atomic mass is 10.4. The van der Waals surface area contributed by atoms with E-state index in [0.29, 0.717) is 18.9 Å². The molecule has 1 aromatic carbocycles. The van der Waals surface area contributed by atoms with Crippen LogP contribution in [0, 0.1) is 0 Å². The molecule has 0 bridgehead atoms. The molecule has 0 aliphatic carbocycles. The Morgan fingerprint density at radius 2 is 1.96 bits per heavy atom. The summed E-state index contributed by atoms with van der Waals surface area (Å²) in [6, 6.07) is 10.1. The van der Waals surface area contributed by atoms with Crippen molar-refractivity contribution in [1.82, 2.24) is 10.6 Å². The molecule has 0 aliphatic rings. The second-order valence-electron chi connectivity index (χ2n) is 4.87. The third-order valence-electron chi connectivity index (χ3n) is 2.73. The van der Waals surface area contributed by atoms with Crippen LogP contribution in [0.1, 0.15) is 13.3 Å². The summed E-state index contributed by atoms with van der Waals surface area (Å²) in [5, 5.41) is 6.31. The van der Waals surface area contributed by atoms with Gasteiger partial charge in [-0.2, -0.15) is 13.2 Å². The van der Waals surface area contributed by atoms with Gasteiger partial charge < -0.3 is 15.4 Å². The zero-order chi connectivity index (χ0) is 17.7. The summed E-state index contributed by atoms with van der Waals surface area (Å²) in [4.78, 5) is 5.53. The molecule has 0 saturated heterocycles. The number of halogens is 3. The summed E-state index contributed by atoms with van der Waals surface area (Å²) in [6.45, 7) is 2.69. The number of nitrogens with one attached hydrogen (secondary N) is 2. The molecule has 8 heteroatoms. The fraction of sp³-hybridized carbons (Fsp3) is 0.562. The van der Waals surface area contributed by atoms with E-state index in [1.165, 1.54) is 4.90 Å². The number of hydrogen-bond acceptors (Lipinski definition) is 3. The van der Waals surface area contributed by atoms with Crippen molar-refractivity contribution in [2.24, 2.45) is 4.99 Å². The number of nitrogens with zero attached hydrogens (tertiary/aromatic N) is 1. The van der Waals surface area contributed by atoms with E-state index in [0.717, 1.165) is 18.8 Å². The van der Waals surface area contributed by atoms with E-state index in [1.54, 1.807) is 11.8 Å². The van der Waals surface area contributed by atoms with Crippen LogP contribution in [-0.2, 0) is 4.74 Å². The molecule has 2 N–H and O–H groups in total. The van der Waals surface area contributed by atoms with Gasteiger partial charge in [0.05, 0.1) is 0 Å². The highest BCUT2D eigenvalue weighted by molar-refractivity contribution is 7.99. The summed E-state index contributed by atoms with van der Waals surface area (Å²) in [6.07, 6.45) is -3.82. The number of guanidine groups is 1. The van der Waals surface area contributed by atoms with Crippen molar-refractivity contribution in [2.45, 2.75) is 24.4 Å². The summed E-state index contributed by atoms with van der Waals surface area (Å²) in [7, 11) is 0. The summed E-state index contributed by atoms with van der Waals surface area (Å²) in [5.41, 5.74) is 0. The molecule has 1 aromatic rings. The molecule has 0 atom stereocenters. The molecule has 4 nitrogen and oxygen atoms in total. The molecule has 0 fully saturated rings. The Balaban J connectivity index is 2.17. The normalized spacial score (nSPS) is 12.2. The topological polar surface area (TPSA) is 45.7 Å². The van der Waals surface area contributed by atoms with Gasteiger partial charge in [0.25, 0.3) is 0 Å². The number of hydrogen-bond donors (Lipinski definition) is 2. The lowest BCUT2D eigenvalue weighted by Gasteiger charge is -2.11. The van der Waals surface area contributed by atoms with Gasteiger partial charge in [-0.15, -0.1) is 11.8 Å². The molecular formula is C16H24F3N3OS. The Bertz CT molecular complexity index is 469. The second-order valence-corrected chi connectivity index (χ2v) is 6.04. The second kappa shape index (κ2) is 12.0. The van der Waals surface area contributed by atoms with Crippen molar-refractivity contribution in [2.75, 3.05) is 38.6 Å². The van der Waals surface area contributed by atoms with Crippen LogP contribution in [0.5, 0.6) is 0 Å². The zero-order valence-electron chi connectivity index (χ0n) is 13.7. The Kier molecular flexibility index (Phi) is 10.3. The van der Waals surface area contributed by atoms with Crippen LogP contribution in [0.2, 0.25) is 0 Å². The minimum Gasteiger partial charge on any atom is -0.372 e. The minimum absolute atomic E-state index is 0.0479. The van der Waals surface area contributed by atoms with Gasteiger partial charge in [0.1, 0.15) is 6.61 Å². The van der Waals surface area contributed by atoms with E-state index in [-0.39, 0.29) is 6.61 Å². The monoisotopic (exact) mass is 363 g/mol. The van der Waals surface area contributed by atoms with Gasteiger partial charge >= 0.3 is 6.18 Å². The van der Waals surface area contributed by atoms with Crippen molar-refractivity contribution >= 4 is 17.7 Å². The van der Waals surface area contributed by atoms with Crippen LogP contribution in [0.25, 0.3) is 0 Å². The first-order valence-electron chi connectivity index (χ1n) is 7.86. The Morgan fingerprint density at radius 3 is 2.62 bits per heavy atom. The van der Waals surface area contributed by atoms with Crippen molar-refractivity contribution in [3.63, 3.8) is 0 Å². The average molecular weight is 363 g/mol. The minimum atomic E-state index is -4.27. The smallest absolute Gasteiger partial charge is 0.372 e. The van der Waals surface area contributed by atoms with Crippen molar-refractivity contribution in [3.05, 3.63) is 30.3 Å². The maximum absolute atomic E-state index is 11.9. The predicted molar refractivity (Wildman–Crippen MR) is 92.6 cm³/mol. The van der Waals surface area contributed by atoms with Crippen LogP contribution < -0.4 is 10.6 Å². The number of rotatable bonds is 10. The Labute approximate surface area is 145 Å². The molecule has 136 valence electrons. The Hall–Kier alpha value is -1.41. The molecule has 0 saturated carbocycles. The number of ether oxygens (including phenoxy) is 1. The molecule has 0 radical (unpaired) electrons. The number of aliphatic imine (C=N–C) groups is 1. The Morgan fingerprint density at radius 1 is 1.21 bits per heavy atom. The van der Waals surface area contributed by atoms with Crippen LogP contribution >= 0.6 is 11.8 Å². The third-order valence-corrected chi connectivity index (χ3v) is 3.75. The summed E-state index contributed by atoms with van der Waals surface area (Å²) >= 11 is 1.75. The van der Waals surface area contributed by atoms with Crippen LogP contribution in [0.4, 0.5) is 13.2 Å². The first-order chi connectivity index (χ1) is 11.5. The SMILES string of the molecule is CCNC(=NCCCOCC(F)(F)F)NCCSc1ccccc1. The molecule has 0 spiro atoms. The average Bonchev–Trinajstić information content (AvgIpc) is 2.54. The lowest BCUT2D eigenvalue weighted by Crippen LogP contribution is -2.38. The molecule has 0 heterocycles. The van der Waals surface area contributed by atoms with Gasteiger partial charge in [0.2, 0.25) is 0 Å². The predicted octanol–water partition coefficient (Wildman–Crippen LogP) is 3.30. The van der Waals surface area contributed by atoms with Crippen LogP contribution in [0.15, 0.2) is 40.2 Å². The molecule has 0 aromatic heterocycles. The van der Waals surface area contributed by atoms with Crippen LogP contribution in [0.3, 0.4) is 0 Å². The van der Waals surface area contributed by atoms with E-state index < -0.39 is 12.8 Å². The highest BCUT2D eigenvalue weighted by atomic mass is 32.2. The van der Waals surface area contributed by atoms with E-state index in [2.05, 4.69) is 32.5 Å². The quantitative estimate of drug-likeness (QED) is 0.290. The number of alkyl halides is 3. The largest absolute Gasteiger partial charge is 0.411 e. The van der Waals surface area contributed by atoms with Gasteiger partial charge in [-0.1, -0.05) is 18.2 Å². The van der Waals surface area contributed by atoms with E-state index in [9.17, 15) is 13.2 Å². The summed E-state index contributed by atoms with van der Waals surface area (Å²) < 4.78 is 40.3. The van der Waals surface area contributed by atoms with E-state index in [4.69, 9.17) is 0 Å². The standard InChI is InChI=1S/C16H24F3N3OS/c1-2-20-15(21-9-6-11-23-13-16(17,18)19)22-10-12-24-14-7-4-3-5-8-14/h3-5,7-8H,2,6,9-13H2,1H3,(H2,20,21,22).